The Morgan fingerprint density at radius 3 is 2.32 bits per heavy atom. The topological polar surface area (TPSA) is 46.5 Å². The van der Waals surface area contributed by atoms with E-state index in [2.05, 4.69) is 25.5 Å². The number of benzene rings is 1. The van der Waals surface area contributed by atoms with Crippen LogP contribution in [0.25, 0.3) is 0 Å². The lowest BCUT2D eigenvalue weighted by Crippen LogP contribution is -2.26. The molecule has 1 saturated carbocycles. The molecule has 3 nitrogen and oxygen atoms in total. The standard InChI is InChI=1S/C19H28O3/c1-19(2,3)14-11-9-13(10-12-14)15-7-5-6-8-16(15)17(20)18(21)22-4/h5-8,13-14,17,20H,9-12H2,1-4H3. The highest BCUT2D eigenvalue weighted by Gasteiger charge is 2.32. The maximum absolute atomic E-state index is 11.7. The molecule has 0 aliphatic heterocycles. The van der Waals surface area contributed by atoms with Crippen molar-refractivity contribution in [2.24, 2.45) is 11.3 Å². The Balaban J connectivity index is 2.16. The van der Waals surface area contributed by atoms with E-state index in [0.717, 1.165) is 24.3 Å². The molecule has 1 aliphatic carbocycles. The van der Waals surface area contributed by atoms with E-state index in [1.165, 1.54) is 20.0 Å². The van der Waals surface area contributed by atoms with Gasteiger partial charge in [0.05, 0.1) is 7.11 Å². The molecule has 1 fully saturated rings. The second kappa shape index (κ2) is 6.82. The van der Waals surface area contributed by atoms with Gasteiger partial charge in [0.25, 0.3) is 0 Å². The van der Waals surface area contributed by atoms with Crippen molar-refractivity contribution in [3.63, 3.8) is 0 Å². The molecule has 1 unspecified atom stereocenters. The van der Waals surface area contributed by atoms with Crippen LogP contribution in [0.3, 0.4) is 0 Å². The maximum Gasteiger partial charge on any atom is 0.339 e. The number of hydrogen-bond acceptors (Lipinski definition) is 3. The second-order valence-corrected chi connectivity index (χ2v) is 7.47. The quantitative estimate of drug-likeness (QED) is 0.851. The number of esters is 1. The molecule has 1 N–H and O–H groups in total. The van der Waals surface area contributed by atoms with Gasteiger partial charge in [0.15, 0.2) is 6.10 Å². The number of hydrogen-bond donors (Lipinski definition) is 1. The lowest BCUT2D eigenvalue weighted by molar-refractivity contribution is -0.150. The summed E-state index contributed by atoms with van der Waals surface area (Å²) in [6.07, 6.45) is 3.47. The molecule has 1 aliphatic rings. The number of ether oxygens (including phenoxy) is 1. The average molecular weight is 304 g/mol. The predicted molar refractivity (Wildman–Crippen MR) is 87.6 cm³/mol. The van der Waals surface area contributed by atoms with Gasteiger partial charge in [0.2, 0.25) is 0 Å². The number of methoxy groups -OCH3 is 1. The van der Waals surface area contributed by atoms with Gasteiger partial charge in [-0.1, -0.05) is 45.0 Å². The van der Waals surface area contributed by atoms with Crippen LogP contribution in [0.4, 0.5) is 0 Å². The zero-order valence-corrected chi connectivity index (χ0v) is 14.1. The lowest BCUT2D eigenvalue weighted by atomic mass is 9.68. The Bertz CT molecular complexity index is 508. The fourth-order valence-corrected chi connectivity index (χ4v) is 3.64. The molecule has 0 saturated heterocycles. The first-order valence-electron chi connectivity index (χ1n) is 8.19. The third kappa shape index (κ3) is 3.70. The second-order valence-electron chi connectivity index (χ2n) is 7.47. The largest absolute Gasteiger partial charge is 0.467 e. The number of carbonyl (C=O) groups is 1. The van der Waals surface area contributed by atoms with Gasteiger partial charge in [-0.3, -0.25) is 0 Å². The first kappa shape index (κ1) is 17.0. The van der Waals surface area contributed by atoms with Gasteiger partial charge < -0.3 is 9.84 Å². The van der Waals surface area contributed by atoms with Gasteiger partial charge in [-0.15, -0.1) is 0 Å². The van der Waals surface area contributed by atoms with Crippen LogP contribution in [-0.2, 0) is 9.53 Å². The fourth-order valence-electron chi connectivity index (χ4n) is 3.64. The van der Waals surface area contributed by atoms with E-state index in [1.54, 1.807) is 0 Å². The minimum absolute atomic E-state index is 0.357. The van der Waals surface area contributed by atoms with Crippen LogP contribution in [0.15, 0.2) is 24.3 Å². The SMILES string of the molecule is COC(=O)C(O)c1ccccc1C1CCC(C(C)(C)C)CC1. The molecule has 122 valence electrons. The molecular formula is C19H28O3. The number of carbonyl (C=O) groups excluding carboxylic acids is 1. The maximum atomic E-state index is 11.7. The summed E-state index contributed by atoms with van der Waals surface area (Å²) < 4.78 is 4.68. The van der Waals surface area contributed by atoms with Crippen LogP contribution in [0.5, 0.6) is 0 Å². The van der Waals surface area contributed by atoms with Crippen molar-refractivity contribution in [1.29, 1.82) is 0 Å². The van der Waals surface area contributed by atoms with E-state index in [0.29, 0.717) is 16.9 Å². The van der Waals surface area contributed by atoms with Crippen LogP contribution in [0.2, 0.25) is 0 Å². The highest BCUT2D eigenvalue weighted by Crippen LogP contribution is 2.44. The summed E-state index contributed by atoms with van der Waals surface area (Å²) in [5, 5.41) is 10.2. The van der Waals surface area contributed by atoms with Gasteiger partial charge in [-0.2, -0.15) is 0 Å². The highest BCUT2D eigenvalue weighted by molar-refractivity contribution is 5.76. The van der Waals surface area contributed by atoms with Crippen molar-refractivity contribution in [2.75, 3.05) is 7.11 Å². The first-order valence-corrected chi connectivity index (χ1v) is 8.19. The van der Waals surface area contributed by atoms with Gasteiger partial charge in [-0.25, -0.2) is 4.79 Å². The smallest absolute Gasteiger partial charge is 0.339 e. The van der Waals surface area contributed by atoms with Crippen molar-refractivity contribution in [2.45, 2.75) is 58.5 Å². The van der Waals surface area contributed by atoms with Crippen molar-refractivity contribution >= 4 is 5.97 Å². The third-order valence-corrected chi connectivity index (χ3v) is 5.11. The Morgan fingerprint density at radius 2 is 1.77 bits per heavy atom. The molecule has 0 heterocycles. The van der Waals surface area contributed by atoms with Crippen LogP contribution in [0.1, 0.15) is 69.6 Å². The number of aliphatic hydroxyl groups excluding tert-OH is 1. The lowest BCUT2D eigenvalue weighted by Gasteiger charge is -2.37. The molecular weight excluding hydrogens is 276 g/mol. The average Bonchev–Trinajstić information content (AvgIpc) is 2.52. The zero-order valence-electron chi connectivity index (χ0n) is 14.1. The molecule has 0 aromatic heterocycles. The van der Waals surface area contributed by atoms with Crippen molar-refractivity contribution in [3.05, 3.63) is 35.4 Å². The molecule has 0 spiro atoms. The van der Waals surface area contributed by atoms with Crippen LogP contribution in [-0.4, -0.2) is 18.2 Å². The Hall–Kier alpha value is -1.35. The van der Waals surface area contributed by atoms with Gasteiger partial charge in [0.1, 0.15) is 0 Å². The summed E-state index contributed by atoms with van der Waals surface area (Å²) in [6.45, 7) is 6.94. The monoisotopic (exact) mass is 304 g/mol. The van der Waals surface area contributed by atoms with E-state index in [-0.39, 0.29) is 0 Å². The summed E-state index contributed by atoms with van der Waals surface area (Å²) >= 11 is 0. The Labute approximate surface area is 133 Å². The van der Waals surface area contributed by atoms with Crippen LogP contribution >= 0.6 is 0 Å². The molecule has 1 aromatic carbocycles. The van der Waals surface area contributed by atoms with Crippen molar-refractivity contribution in [1.82, 2.24) is 0 Å². The minimum Gasteiger partial charge on any atom is -0.467 e. The van der Waals surface area contributed by atoms with E-state index in [9.17, 15) is 9.90 Å². The van der Waals surface area contributed by atoms with Crippen molar-refractivity contribution < 1.29 is 14.6 Å². The molecule has 22 heavy (non-hydrogen) atoms. The molecule has 0 bridgehead atoms. The molecule has 3 heteroatoms. The summed E-state index contributed by atoms with van der Waals surface area (Å²) in [6, 6.07) is 7.74. The van der Waals surface area contributed by atoms with Crippen molar-refractivity contribution in [3.8, 4) is 0 Å². The molecule has 1 atom stereocenters. The summed E-state index contributed by atoms with van der Waals surface area (Å²) in [5.74, 6) is 0.589. The van der Waals surface area contributed by atoms with Crippen LogP contribution < -0.4 is 0 Å². The summed E-state index contributed by atoms with van der Waals surface area (Å²) in [5.41, 5.74) is 2.16. The number of rotatable bonds is 3. The molecule has 0 amide bonds. The number of aliphatic hydroxyl groups is 1. The fraction of sp³-hybridized carbons (Fsp3) is 0.632. The van der Waals surface area contributed by atoms with E-state index in [4.69, 9.17) is 0 Å². The van der Waals surface area contributed by atoms with E-state index >= 15 is 0 Å². The highest BCUT2D eigenvalue weighted by atomic mass is 16.5. The zero-order chi connectivity index (χ0) is 16.3. The molecule has 1 aromatic rings. The predicted octanol–water partition coefficient (Wildman–Crippen LogP) is 4.21. The molecule has 0 radical (unpaired) electrons. The minimum atomic E-state index is -1.18. The normalized spacial score (nSPS) is 23.9. The molecule has 2 rings (SSSR count). The Kier molecular flexibility index (Phi) is 5.28. The van der Waals surface area contributed by atoms with Gasteiger partial charge >= 0.3 is 5.97 Å². The third-order valence-electron chi connectivity index (χ3n) is 5.11. The van der Waals surface area contributed by atoms with Crippen LogP contribution in [0, 0.1) is 11.3 Å². The summed E-state index contributed by atoms with van der Waals surface area (Å²) in [7, 11) is 1.31. The summed E-state index contributed by atoms with van der Waals surface area (Å²) in [4.78, 5) is 11.7. The first-order chi connectivity index (χ1) is 10.3. The van der Waals surface area contributed by atoms with Gasteiger partial charge in [0, 0.05) is 0 Å². The van der Waals surface area contributed by atoms with E-state index < -0.39 is 12.1 Å². The van der Waals surface area contributed by atoms with E-state index in [1.807, 2.05) is 24.3 Å². The van der Waals surface area contributed by atoms with Gasteiger partial charge in [-0.05, 0) is 54.1 Å². The Morgan fingerprint density at radius 1 is 1.18 bits per heavy atom.